The number of hydrogen-bond donors (Lipinski definition) is 3. The van der Waals surface area contributed by atoms with Gasteiger partial charge in [0.1, 0.15) is 29.2 Å². The highest BCUT2D eigenvalue weighted by atomic mass is 35.5. The van der Waals surface area contributed by atoms with E-state index in [-0.39, 0.29) is 28.7 Å². The Morgan fingerprint density at radius 2 is 1.83 bits per heavy atom. The lowest BCUT2D eigenvalue weighted by Crippen LogP contribution is -2.39. The van der Waals surface area contributed by atoms with Gasteiger partial charge in [-0.05, 0) is 36.6 Å². The number of furan rings is 1. The number of hydrogen-bond acceptors (Lipinski definition) is 8. The number of amides is 1. The molecular formula is C25H29ClN4O5S. The highest BCUT2D eigenvalue weighted by Crippen LogP contribution is 2.39. The summed E-state index contributed by atoms with van der Waals surface area (Å²) in [7, 11) is 0. The van der Waals surface area contributed by atoms with Crippen molar-refractivity contribution in [1.82, 2.24) is 9.62 Å². The average Bonchev–Trinajstić information content (AvgIpc) is 3.37. The van der Waals surface area contributed by atoms with Crippen LogP contribution in [0.25, 0.3) is 0 Å². The van der Waals surface area contributed by atoms with Gasteiger partial charge >= 0.3 is 0 Å². The molecular weight excluding hydrogens is 504 g/mol. The van der Waals surface area contributed by atoms with Crippen molar-refractivity contribution in [3.63, 3.8) is 0 Å². The molecule has 36 heavy (non-hydrogen) atoms. The van der Waals surface area contributed by atoms with Crippen LogP contribution in [0.3, 0.4) is 0 Å². The second kappa shape index (κ2) is 9.93. The largest absolute Gasteiger partial charge is 0.598 e. The zero-order valence-corrected chi connectivity index (χ0v) is 22.4. The van der Waals surface area contributed by atoms with Crippen molar-refractivity contribution in [3.05, 3.63) is 72.4 Å². The van der Waals surface area contributed by atoms with E-state index in [4.69, 9.17) is 16.0 Å². The third kappa shape index (κ3) is 5.04. The first-order chi connectivity index (χ1) is 16.9. The molecule has 9 nitrogen and oxygen atoms in total. The molecule has 2 atom stereocenters. The zero-order chi connectivity index (χ0) is 26.4. The molecule has 11 heteroatoms. The Hall–Kier alpha value is -2.79. The smallest absolute Gasteiger partial charge is 0.256 e. The van der Waals surface area contributed by atoms with Gasteiger partial charge in [0.25, 0.3) is 16.8 Å². The molecule has 0 spiro atoms. The SMILES string of the molecule is Cc1ccc([C@H](Nc2c(Nc3ccc(Cl)c4c3C(=O)N(CCN[S+](C)[O-])C4)c(=O)c2=O)C(C)(C)C)o1. The minimum absolute atomic E-state index is 0.0938. The van der Waals surface area contributed by atoms with Crippen molar-refractivity contribution in [3.8, 4) is 0 Å². The second-order valence-corrected chi connectivity index (χ2v) is 11.6. The van der Waals surface area contributed by atoms with E-state index in [2.05, 4.69) is 15.4 Å². The van der Waals surface area contributed by atoms with Crippen LogP contribution in [0.15, 0.2) is 38.3 Å². The Morgan fingerprint density at radius 3 is 2.44 bits per heavy atom. The van der Waals surface area contributed by atoms with Gasteiger partial charge in [-0.1, -0.05) is 32.4 Å². The molecule has 1 aliphatic rings. The summed E-state index contributed by atoms with van der Waals surface area (Å²) in [5.41, 5.74) is -0.00993. The van der Waals surface area contributed by atoms with Crippen LogP contribution in [-0.2, 0) is 17.9 Å². The monoisotopic (exact) mass is 532 g/mol. The van der Waals surface area contributed by atoms with E-state index >= 15 is 0 Å². The first-order valence-corrected chi connectivity index (χ1v) is 13.4. The first-order valence-electron chi connectivity index (χ1n) is 11.5. The van der Waals surface area contributed by atoms with Crippen LogP contribution in [0.5, 0.6) is 0 Å². The molecule has 3 N–H and O–H groups in total. The minimum atomic E-state index is -1.19. The Bertz CT molecular complexity index is 1370. The van der Waals surface area contributed by atoms with Crippen molar-refractivity contribution < 1.29 is 13.8 Å². The maximum Gasteiger partial charge on any atom is 0.256 e. The van der Waals surface area contributed by atoms with Crippen LogP contribution in [0.4, 0.5) is 17.1 Å². The van der Waals surface area contributed by atoms with E-state index < -0.39 is 22.2 Å². The summed E-state index contributed by atoms with van der Waals surface area (Å²) >= 11 is 5.20. The van der Waals surface area contributed by atoms with Crippen molar-refractivity contribution in [1.29, 1.82) is 0 Å². The molecule has 2 heterocycles. The number of carbonyl (C=O) groups excluding carboxylic acids is 1. The number of nitrogens with zero attached hydrogens (tertiary/aromatic N) is 1. The number of anilines is 3. The van der Waals surface area contributed by atoms with Gasteiger partial charge in [0, 0.05) is 35.0 Å². The maximum atomic E-state index is 13.2. The number of carbonyl (C=O) groups is 1. The molecule has 1 unspecified atom stereocenters. The fourth-order valence-corrected chi connectivity index (χ4v) is 4.90. The number of nitrogens with one attached hydrogen (secondary N) is 3. The Morgan fingerprint density at radius 1 is 1.14 bits per heavy atom. The van der Waals surface area contributed by atoms with Crippen molar-refractivity contribution in [2.24, 2.45) is 5.41 Å². The summed E-state index contributed by atoms with van der Waals surface area (Å²) < 4.78 is 19.9. The lowest BCUT2D eigenvalue weighted by atomic mass is 9.85. The molecule has 0 bridgehead atoms. The van der Waals surface area contributed by atoms with Gasteiger partial charge < -0.3 is 24.5 Å². The highest BCUT2D eigenvalue weighted by molar-refractivity contribution is 7.88. The molecule has 0 saturated heterocycles. The van der Waals surface area contributed by atoms with Crippen LogP contribution in [0.1, 0.15) is 54.3 Å². The molecule has 0 aliphatic carbocycles. The zero-order valence-electron chi connectivity index (χ0n) is 20.8. The van der Waals surface area contributed by atoms with Gasteiger partial charge in [0.05, 0.1) is 23.8 Å². The van der Waals surface area contributed by atoms with Gasteiger partial charge in [-0.2, -0.15) is 0 Å². The fourth-order valence-electron chi connectivity index (χ4n) is 4.30. The molecule has 2 aromatic carbocycles. The number of benzene rings is 1. The molecule has 1 amide bonds. The highest BCUT2D eigenvalue weighted by Gasteiger charge is 2.35. The summed E-state index contributed by atoms with van der Waals surface area (Å²) in [5.74, 6) is 1.13. The molecule has 0 fully saturated rings. The summed E-state index contributed by atoms with van der Waals surface area (Å²) in [6.45, 7) is 8.84. The van der Waals surface area contributed by atoms with Gasteiger partial charge in [-0.3, -0.25) is 14.4 Å². The molecule has 192 valence electrons. The van der Waals surface area contributed by atoms with Crippen LogP contribution in [0.2, 0.25) is 5.02 Å². The molecule has 4 rings (SSSR count). The summed E-state index contributed by atoms with van der Waals surface area (Å²) in [5, 5.41) is 6.66. The Kier molecular flexibility index (Phi) is 7.25. The van der Waals surface area contributed by atoms with E-state index in [0.717, 1.165) is 5.76 Å². The van der Waals surface area contributed by atoms with Gasteiger partial charge in [-0.25, -0.2) is 0 Å². The van der Waals surface area contributed by atoms with E-state index in [1.807, 2.05) is 39.8 Å². The normalized spacial score (nSPS) is 15.3. The molecule has 3 aromatic rings. The van der Waals surface area contributed by atoms with Gasteiger partial charge in [-0.15, -0.1) is 4.72 Å². The molecule has 0 radical (unpaired) electrons. The predicted octanol–water partition coefficient (Wildman–Crippen LogP) is 3.62. The van der Waals surface area contributed by atoms with Gasteiger partial charge in [0.15, 0.2) is 0 Å². The van der Waals surface area contributed by atoms with Gasteiger partial charge in [0.2, 0.25) is 0 Å². The number of rotatable bonds is 9. The van der Waals surface area contributed by atoms with Crippen LogP contribution >= 0.6 is 11.6 Å². The van der Waals surface area contributed by atoms with E-state index in [1.165, 1.54) is 6.26 Å². The third-order valence-corrected chi connectivity index (χ3v) is 7.13. The number of fused-ring (bicyclic) bond motifs is 1. The molecule has 0 saturated carbocycles. The lowest BCUT2D eigenvalue weighted by molar-refractivity contribution is 0.0782. The van der Waals surface area contributed by atoms with Crippen molar-refractivity contribution in [2.75, 3.05) is 30.0 Å². The van der Waals surface area contributed by atoms with Crippen LogP contribution in [-0.4, -0.2) is 34.7 Å². The summed E-state index contributed by atoms with van der Waals surface area (Å²) in [6, 6.07) is 6.60. The average molecular weight is 533 g/mol. The van der Waals surface area contributed by atoms with Crippen LogP contribution < -0.4 is 26.2 Å². The summed E-state index contributed by atoms with van der Waals surface area (Å²) in [4.78, 5) is 39.9. The van der Waals surface area contributed by atoms with E-state index in [0.29, 0.717) is 47.2 Å². The quantitative estimate of drug-likeness (QED) is 0.282. The predicted molar refractivity (Wildman–Crippen MR) is 142 cm³/mol. The number of aryl methyl sites for hydroxylation is 1. The first kappa shape index (κ1) is 26.3. The van der Waals surface area contributed by atoms with Crippen molar-refractivity contribution in [2.45, 2.75) is 40.3 Å². The van der Waals surface area contributed by atoms with E-state index in [1.54, 1.807) is 17.0 Å². The minimum Gasteiger partial charge on any atom is -0.598 e. The molecule has 1 aromatic heterocycles. The summed E-state index contributed by atoms with van der Waals surface area (Å²) in [6.07, 6.45) is 1.52. The number of halogens is 1. The standard InChI is InChI=1S/C25H29ClN4O5S/c1-13-6-9-17(35-13)23(25(2,3)4)29-20-19(21(31)22(20)32)28-16-8-7-15(26)14-12-30(24(33)18(14)16)11-10-27-36(5)34/h6-9,23,27-29H,10-12H2,1-5H3/t23-,36?/m0/s1. The Balaban J connectivity index is 1.62. The topological polar surface area (TPSA) is 127 Å². The second-order valence-electron chi connectivity index (χ2n) is 9.95. The maximum absolute atomic E-state index is 13.2. The van der Waals surface area contributed by atoms with E-state index in [9.17, 15) is 18.9 Å². The lowest BCUT2D eigenvalue weighted by Gasteiger charge is -2.31. The van der Waals surface area contributed by atoms with Crippen LogP contribution in [0, 0.1) is 12.3 Å². The van der Waals surface area contributed by atoms with Crippen molar-refractivity contribution >= 4 is 45.9 Å². The fraction of sp³-hybridized carbons (Fsp3) is 0.400. The molecule has 1 aliphatic heterocycles. The Labute approximate surface area is 217 Å². The third-order valence-electron chi connectivity index (χ3n) is 6.16.